The van der Waals surface area contributed by atoms with Crippen molar-refractivity contribution in [1.29, 1.82) is 0 Å². The molecule has 1 N–H and O–H groups in total. The van der Waals surface area contributed by atoms with Crippen LogP contribution in [0.1, 0.15) is 32.3 Å². The van der Waals surface area contributed by atoms with Gasteiger partial charge in [-0.2, -0.15) is 0 Å². The van der Waals surface area contributed by atoms with Gasteiger partial charge in [-0.1, -0.05) is 43.8 Å². The topological polar surface area (TPSA) is 81.2 Å². The van der Waals surface area contributed by atoms with Crippen molar-refractivity contribution in [2.75, 3.05) is 5.32 Å². The molecule has 0 aliphatic heterocycles. The molecular formula is C18H19N3O3S. The van der Waals surface area contributed by atoms with Gasteiger partial charge in [0.15, 0.2) is 5.76 Å². The van der Waals surface area contributed by atoms with Crippen LogP contribution in [0.25, 0.3) is 11.7 Å². The Morgan fingerprint density at radius 2 is 1.92 bits per heavy atom. The Hall–Kier alpha value is -2.54. The molecule has 0 spiro atoms. The summed E-state index contributed by atoms with van der Waals surface area (Å²) in [6.07, 6.45) is 1.54. The molecule has 0 aliphatic rings. The van der Waals surface area contributed by atoms with Gasteiger partial charge in [-0.3, -0.25) is 4.79 Å². The lowest BCUT2D eigenvalue weighted by Gasteiger charge is -2.15. The van der Waals surface area contributed by atoms with E-state index in [0.29, 0.717) is 22.8 Å². The number of nitrogens with one attached hydrogen (secondary N) is 1. The third-order valence-electron chi connectivity index (χ3n) is 3.63. The first-order chi connectivity index (χ1) is 12.0. The summed E-state index contributed by atoms with van der Waals surface area (Å²) in [5.41, 5.74) is 1.93. The molecule has 0 saturated heterocycles. The molecule has 1 atom stereocenters. The zero-order chi connectivity index (χ0) is 17.8. The first-order valence-electron chi connectivity index (χ1n) is 7.98. The van der Waals surface area contributed by atoms with Crippen LogP contribution in [0.4, 0.5) is 5.69 Å². The van der Waals surface area contributed by atoms with Gasteiger partial charge in [0.1, 0.15) is 0 Å². The monoisotopic (exact) mass is 357 g/mol. The minimum absolute atomic E-state index is 0.115. The minimum Gasteiger partial charge on any atom is -0.459 e. The summed E-state index contributed by atoms with van der Waals surface area (Å²) >= 11 is 1.21. The number of anilines is 1. The fourth-order valence-electron chi connectivity index (χ4n) is 2.31. The van der Waals surface area contributed by atoms with Crippen LogP contribution < -0.4 is 5.32 Å². The van der Waals surface area contributed by atoms with Gasteiger partial charge in [-0.15, -0.1) is 10.2 Å². The Labute approximate surface area is 150 Å². The van der Waals surface area contributed by atoms with Gasteiger partial charge in [0, 0.05) is 5.69 Å². The zero-order valence-electron chi connectivity index (χ0n) is 14.2. The first-order valence-corrected chi connectivity index (χ1v) is 8.86. The van der Waals surface area contributed by atoms with Gasteiger partial charge in [0.2, 0.25) is 5.91 Å². The molecule has 0 aliphatic carbocycles. The number of rotatable bonds is 6. The van der Waals surface area contributed by atoms with Crippen LogP contribution in [0.15, 0.2) is 56.7 Å². The molecule has 7 heteroatoms. The van der Waals surface area contributed by atoms with Gasteiger partial charge in [-0.05, 0) is 36.6 Å². The van der Waals surface area contributed by atoms with Crippen LogP contribution in [0.2, 0.25) is 0 Å². The number of carbonyl (C=O) groups is 1. The van der Waals surface area contributed by atoms with Gasteiger partial charge in [0.25, 0.3) is 11.1 Å². The van der Waals surface area contributed by atoms with E-state index in [1.165, 1.54) is 18.0 Å². The second kappa shape index (κ2) is 7.57. The summed E-state index contributed by atoms with van der Waals surface area (Å²) in [7, 11) is 0. The fourth-order valence-corrected chi connectivity index (χ4v) is 2.99. The maximum atomic E-state index is 12.5. The second-order valence-corrected chi connectivity index (χ2v) is 7.13. The van der Waals surface area contributed by atoms with Crippen molar-refractivity contribution >= 4 is 23.4 Å². The van der Waals surface area contributed by atoms with E-state index in [-0.39, 0.29) is 11.2 Å². The molecule has 3 rings (SSSR count). The lowest BCUT2D eigenvalue weighted by Crippen LogP contribution is -2.23. The maximum Gasteiger partial charge on any atom is 0.284 e. The predicted octanol–water partition coefficient (Wildman–Crippen LogP) is 4.57. The summed E-state index contributed by atoms with van der Waals surface area (Å²) in [5, 5.41) is 10.8. The van der Waals surface area contributed by atoms with Crippen molar-refractivity contribution in [3.05, 3.63) is 48.2 Å². The highest BCUT2D eigenvalue weighted by Crippen LogP contribution is 2.28. The lowest BCUT2D eigenvalue weighted by atomic mass is 10.0. The smallest absolute Gasteiger partial charge is 0.284 e. The summed E-state index contributed by atoms with van der Waals surface area (Å²) in [6.45, 7) is 5.99. The minimum atomic E-state index is -0.384. The Balaban J connectivity index is 1.65. The Morgan fingerprint density at radius 1 is 1.12 bits per heavy atom. The molecule has 3 aromatic rings. The molecule has 2 aromatic heterocycles. The molecule has 1 aromatic carbocycles. The Bertz CT molecular complexity index is 843. The highest BCUT2D eigenvalue weighted by Gasteiger charge is 2.20. The van der Waals surface area contributed by atoms with E-state index in [0.717, 1.165) is 11.3 Å². The molecule has 0 fully saturated rings. The number of para-hydroxylation sites is 1. The van der Waals surface area contributed by atoms with E-state index >= 15 is 0 Å². The third-order valence-corrected chi connectivity index (χ3v) is 4.56. The summed E-state index contributed by atoms with van der Waals surface area (Å²) in [5.74, 6) is 1.01. The highest BCUT2D eigenvalue weighted by molar-refractivity contribution is 8.00. The number of aromatic nitrogens is 2. The molecular weight excluding hydrogens is 338 g/mol. The standard InChI is InChI=1S/C18H19N3O3S/c1-11(2)13-7-4-5-8-14(13)19-16(22)12(3)25-18-21-20-17(24-18)15-9-6-10-23-15/h4-12H,1-3H3,(H,19,22)/t12-/m1/s1. The van der Waals surface area contributed by atoms with Gasteiger partial charge in [-0.25, -0.2) is 0 Å². The Morgan fingerprint density at radius 3 is 2.64 bits per heavy atom. The van der Waals surface area contributed by atoms with Gasteiger partial charge < -0.3 is 14.2 Å². The van der Waals surface area contributed by atoms with E-state index in [1.807, 2.05) is 24.3 Å². The van der Waals surface area contributed by atoms with Crippen LogP contribution >= 0.6 is 11.8 Å². The van der Waals surface area contributed by atoms with Crippen LogP contribution in [0.5, 0.6) is 0 Å². The largest absolute Gasteiger partial charge is 0.459 e. The number of benzene rings is 1. The number of amides is 1. The molecule has 25 heavy (non-hydrogen) atoms. The summed E-state index contributed by atoms with van der Waals surface area (Å²) < 4.78 is 10.7. The van der Waals surface area contributed by atoms with Crippen molar-refractivity contribution < 1.29 is 13.6 Å². The van der Waals surface area contributed by atoms with Gasteiger partial charge >= 0.3 is 0 Å². The number of carbonyl (C=O) groups excluding carboxylic acids is 1. The van der Waals surface area contributed by atoms with Crippen LogP contribution in [0.3, 0.4) is 0 Å². The van der Waals surface area contributed by atoms with Crippen molar-refractivity contribution in [3.8, 4) is 11.7 Å². The van der Waals surface area contributed by atoms with E-state index < -0.39 is 0 Å². The first kappa shape index (κ1) is 17.3. The summed E-state index contributed by atoms with van der Waals surface area (Å²) in [4.78, 5) is 12.5. The highest BCUT2D eigenvalue weighted by atomic mass is 32.2. The third kappa shape index (κ3) is 4.11. The van der Waals surface area contributed by atoms with Crippen molar-refractivity contribution in [2.24, 2.45) is 0 Å². The summed E-state index contributed by atoms with van der Waals surface area (Å²) in [6, 6.07) is 11.3. The number of hydrogen-bond donors (Lipinski definition) is 1. The van der Waals surface area contributed by atoms with Crippen LogP contribution in [-0.4, -0.2) is 21.4 Å². The molecule has 0 radical (unpaired) electrons. The van der Waals surface area contributed by atoms with Gasteiger partial charge in [0.05, 0.1) is 11.5 Å². The van der Waals surface area contributed by atoms with E-state index in [2.05, 4.69) is 29.4 Å². The average molecular weight is 357 g/mol. The Kier molecular flexibility index (Phi) is 5.23. The quantitative estimate of drug-likeness (QED) is 0.651. The molecule has 130 valence electrons. The van der Waals surface area contributed by atoms with Crippen molar-refractivity contribution in [1.82, 2.24) is 10.2 Å². The molecule has 0 unspecified atom stereocenters. The fraction of sp³-hybridized carbons (Fsp3) is 0.278. The second-order valence-electron chi connectivity index (χ2n) is 5.84. The zero-order valence-corrected chi connectivity index (χ0v) is 15.0. The molecule has 0 saturated carbocycles. The normalized spacial score (nSPS) is 12.3. The number of nitrogens with zero attached hydrogens (tertiary/aromatic N) is 2. The van der Waals surface area contributed by atoms with Crippen LogP contribution in [-0.2, 0) is 4.79 Å². The predicted molar refractivity (Wildman–Crippen MR) is 96.5 cm³/mol. The SMILES string of the molecule is CC(C)c1ccccc1NC(=O)[C@@H](C)Sc1nnc(-c2ccco2)o1. The van der Waals surface area contributed by atoms with E-state index in [1.54, 1.807) is 19.1 Å². The maximum absolute atomic E-state index is 12.5. The molecule has 1 amide bonds. The number of furan rings is 1. The lowest BCUT2D eigenvalue weighted by molar-refractivity contribution is -0.115. The van der Waals surface area contributed by atoms with Crippen molar-refractivity contribution in [3.63, 3.8) is 0 Å². The number of hydrogen-bond acceptors (Lipinski definition) is 6. The van der Waals surface area contributed by atoms with E-state index in [9.17, 15) is 4.79 Å². The molecule has 6 nitrogen and oxygen atoms in total. The average Bonchev–Trinajstić information content (AvgIpc) is 3.26. The number of thioether (sulfide) groups is 1. The van der Waals surface area contributed by atoms with Crippen LogP contribution in [0, 0.1) is 0 Å². The molecule has 2 heterocycles. The van der Waals surface area contributed by atoms with E-state index in [4.69, 9.17) is 8.83 Å². The van der Waals surface area contributed by atoms with Crippen molar-refractivity contribution in [2.45, 2.75) is 37.2 Å². The molecule has 0 bridgehead atoms.